The number of nitrogens with one attached hydrogen (secondary N) is 1. The van der Waals surface area contributed by atoms with Crippen molar-refractivity contribution < 1.29 is 0 Å². The van der Waals surface area contributed by atoms with Gasteiger partial charge in [0.2, 0.25) is 0 Å². The van der Waals surface area contributed by atoms with E-state index in [9.17, 15) is 9.59 Å². The Balaban J connectivity index is 1.82. The van der Waals surface area contributed by atoms with Crippen molar-refractivity contribution in [1.29, 1.82) is 0 Å². The number of nitrogens with zero attached hydrogens (tertiary/aromatic N) is 6. The van der Waals surface area contributed by atoms with E-state index < -0.39 is 0 Å². The van der Waals surface area contributed by atoms with Gasteiger partial charge in [-0.15, -0.1) is 5.11 Å². The summed E-state index contributed by atoms with van der Waals surface area (Å²) in [4.78, 5) is 26.3. The Bertz CT molecular complexity index is 1470. The number of para-hydroxylation sites is 2. The Kier molecular flexibility index (Phi) is 6.59. The molecule has 9 heteroatoms. The van der Waals surface area contributed by atoms with Gasteiger partial charge < -0.3 is 0 Å². The topological polar surface area (TPSA) is 90.6 Å². The van der Waals surface area contributed by atoms with Crippen LogP contribution in [-0.2, 0) is 14.1 Å². The van der Waals surface area contributed by atoms with Crippen molar-refractivity contribution >= 4 is 11.6 Å². The van der Waals surface area contributed by atoms with Crippen LogP contribution in [0.3, 0.4) is 0 Å². The van der Waals surface area contributed by atoms with Crippen molar-refractivity contribution in [2.45, 2.75) is 39.5 Å². The molecule has 4 rings (SSSR count). The first-order chi connectivity index (χ1) is 16.7. The zero-order valence-corrected chi connectivity index (χ0v) is 20.9. The standard InChI is InChI=1S/C26H31N7O2/c1-17(2)21-23(30(5)33(26(21)35)20-15-11-8-12-16-20)27-29-28-24-22(18(3)4)25(34)31(6)32(24)19-13-9-7-10-14-19/h7-18H,1-6H3,(H,27,28). The molecule has 1 N–H and O–H groups in total. The van der Waals surface area contributed by atoms with Crippen molar-refractivity contribution in [3.63, 3.8) is 0 Å². The number of hydrogen-bond donors (Lipinski definition) is 1. The van der Waals surface area contributed by atoms with Gasteiger partial charge in [-0.05, 0) is 36.1 Å². The summed E-state index contributed by atoms with van der Waals surface area (Å²) in [5.74, 6) is 0.905. The van der Waals surface area contributed by atoms with Crippen LogP contribution in [0.25, 0.3) is 11.4 Å². The molecule has 35 heavy (non-hydrogen) atoms. The van der Waals surface area contributed by atoms with Crippen LogP contribution >= 0.6 is 0 Å². The minimum Gasteiger partial charge on any atom is -0.267 e. The van der Waals surface area contributed by atoms with Crippen LogP contribution in [0.2, 0.25) is 0 Å². The van der Waals surface area contributed by atoms with Crippen LogP contribution in [0, 0.1) is 0 Å². The molecule has 0 aliphatic carbocycles. The predicted molar refractivity (Wildman–Crippen MR) is 138 cm³/mol. The minimum atomic E-state index is -0.133. The van der Waals surface area contributed by atoms with Gasteiger partial charge in [-0.25, -0.2) is 19.5 Å². The molecule has 0 bridgehead atoms. The first-order valence-corrected chi connectivity index (χ1v) is 11.6. The maximum Gasteiger partial charge on any atom is 0.277 e. The fourth-order valence-corrected chi connectivity index (χ4v) is 4.35. The van der Waals surface area contributed by atoms with Crippen molar-refractivity contribution in [3.8, 4) is 11.4 Å². The van der Waals surface area contributed by atoms with E-state index in [4.69, 9.17) is 0 Å². The monoisotopic (exact) mass is 473 g/mol. The average Bonchev–Trinajstić information content (AvgIpc) is 3.24. The van der Waals surface area contributed by atoms with Gasteiger partial charge >= 0.3 is 0 Å². The van der Waals surface area contributed by atoms with Gasteiger partial charge in [-0.3, -0.25) is 14.3 Å². The van der Waals surface area contributed by atoms with Crippen molar-refractivity contribution in [2.75, 3.05) is 5.43 Å². The molecule has 0 aliphatic heterocycles. The highest BCUT2D eigenvalue weighted by atomic mass is 16.1. The molecule has 9 nitrogen and oxygen atoms in total. The second kappa shape index (κ2) is 9.61. The van der Waals surface area contributed by atoms with Crippen LogP contribution in [-0.4, -0.2) is 18.7 Å². The lowest BCUT2D eigenvalue weighted by molar-refractivity contribution is 0.640. The van der Waals surface area contributed by atoms with E-state index in [1.165, 1.54) is 0 Å². The van der Waals surface area contributed by atoms with Gasteiger partial charge in [0.1, 0.15) is 0 Å². The van der Waals surface area contributed by atoms with Crippen LogP contribution < -0.4 is 16.5 Å². The Morgan fingerprint density at radius 3 is 1.71 bits per heavy atom. The van der Waals surface area contributed by atoms with Crippen LogP contribution in [0.4, 0.5) is 11.6 Å². The molecule has 0 unspecified atom stereocenters. The Hall–Kier alpha value is -4.14. The van der Waals surface area contributed by atoms with Crippen LogP contribution in [0.15, 0.2) is 80.6 Å². The Morgan fingerprint density at radius 2 is 1.20 bits per heavy atom. The SMILES string of the molecule is CC(C)c1c(NN=Nc2c(C(C)C)c(=O)n(-c3ccccc3)n2C)n(-c2ccccc2)n(C)c1=O. The normalized spacial score (nSPS) is 11.8. The molecule has 0 saturated heterocycles. The van der Waals surface area contributed by atoms with E-state index in [0.717, 1.165) is 11.4 Å². The molecular weight excluding hydrogens is 442 g/mol. The molecule has 0 saturated carbocycles. The number of hydrogen-bond acceptors (Lipinski definition) is 4. The number of aromatic nitrogens is 4. The minimum absolute atomic E-state index is 0.0360. The predicted octanol–water partition coefficient (Wildman–Crippen LogP) is 5.02. The first-order valence-electron chi connectivity index (χ1n) is 11.6. The van der Waals surface area contributed by atoms with Crippen molar-refractivity contribution in [1.82, 2.24) is 18.7 Å². The summed E-state index contributed by atoms with van der Waals surface area (Å²) in [5.41, 5.74) is 5.52. The molecule has 0 aliphatic rings. The average molecular weight is 474 g/mol. The summed E-state index contributed by atoms with van der Waals surface area (Å²) in [7, 11) is 3.51. The largest absolute Gasteiger partial charge is 0.277 e. The summed E-state index contributed by atoms with van der Waals surface area (Å²) in [6.45, 7) is 7.85. The fraction of sp³-hybridized carbons (Fsp3) is 0.308. The second-order valence-corrected chi connectivity index (χ2v) is 9.07. The van der Waals surface area contributed by atoms with Gasteiger partial charge in [0.15, 0.2) is 11.6 Å². The smallest absolute Gasteiger partial charge is 0.267 e. The molecule has 2 aromatic heterocycles. The third kappa shape index (κ3) is 4.25. The molecule has 2 aromatic carbocycles. The summed E-state index contributed by atoms with van der Waals surface area (Å²) >= 11 is 0. The molecule has 0 fully saturated rings. The lowest BCUT2D eigenvalue weighted by Gasteiger charge is -2.12. The van der Waals surface area contributed by atoms with Crippen LogP contribution in [0.1, 0.15) is 50.7 Å². The Morgan fingerprint density at radius 1 is 0.686 bits per heavy atom. The highest BCUT2D eigenvalue weighted by Crippen LogP contribution is 2.28. The van der Waals surface area contributed by atoms with Gasteiger partial charge in [-0.2, -0.15) is 0 Å². The second-order valence-electron chi connectivity index (χ2n) is 9.07. The van der Waals surface area contributed by atoms with E-state index in [1.54, 1.807) is 32.8 Å². The van der Waals surface area contributed by atoms with Gasteiger partial charge in [-0.1, -0.05) is 69.3 Å². The third-order valence-electron chi connectivity index (χ3n) is 6.02. The maximum absolute atomic E-state index is 13.3. The van der Waals surface area contributed by atoms with E-state index in [0.29, 0.717) is 22.8 Å². The molecule has 0 spiro atoms. The summed E-state index contributed by atoms with van der Waals surface area (Å²) < 4.78 is 6.64. The third-order valence-corrected chi connectivity index (χ3v) is 6.02. The molecule has 2 heterocycles. The zero-order valence-electron chi connectivity index (χ0n) is 20.9. The van der Waals surface area contributed by atoms with E-state index >= 15 is 0 Å². The zero-order chi connectivity index (χ0) is 25.3. The van der Waals surface area contributed by atoms with Crippen molar-refractivity contribution in [3.05, 3.63) is 92.5 Å². The van der Waals surface area contributed by atoms with E-state index in [1.807, 2.05) is 88.4 Å². The highest BCUT2D eigenvalue weighted by Gasteiger charge is 2.23. The van der Waals surface area contributed by atoms with Gasteiger partial charge in [0.25, 0.3) is 11.1 Å². The molecule has 0 radical (unpaired) electrons. The number of anilines is 1. The lowest BCUT2D eigenvalue weighted by atomic mass is 10.1. The molecule has 182 valence electrons. The fourth-order valence-electron chi connectivity index (χ4n) is 4.35. The highest BCUT2D eigenvalue weighted by molar-refractivity contribution is 5.52. The molecule has 0 atom stereocenters. The maximum atomic E-state index is 13.3. The van der Waals surface area contributed by atoms with Gasteiger partial charge in [0, 0.05) is 14.1 Å². The van der Waals surface area contributed by atoms with Crippen LogP contribution in [0.5, 0.6) is 0 Å². The first kappa shape index (κ1) is 24.0. The molecular formula is C26H31N7O2. The number of rotatable bonds is 7. The molecule has 0 amide bonds. The quantitative estimate of drug-likeness (QED) is 0.302. The van der Waals surface area contributed by atoms with Gasteiger partial charge in [0.05, 0.1) is 22.5 Å². The summed E-state index contributed by atoms with van der Waals surface area (Å²) in [6, 6.07) is 19.0. The molecule has 4 aromatic rings. The van der Waals surface area contributed by atoms with E-state index in [2.05, 4.69) is 15.8 Å². The number of benzene rings is 2. The van der Waals surface area contributed by atoms with E-state index in [-0.39, 0.29) is 23.0 Å². The summed E-state index contributed by atoms with van der Waals surface area (Å²) in [5, 5.41) is 8.71. The van der Waals surface area contributed by atoms with Crippen molar-refractivity contribution in [2.24, 2.45) is 24.4 Å². The lowest BCUT2D eigenvalue weighted by Crippen LogP contribution is -2.21. The Labute approximate surface area is 203 Å². The summed E-state index contributed by atoms with van der Waals surface area (Å²) in [6.07, 6.45) is 0.